The third kappa shape index (κ3) is 1.67. The van der Waals surface area contributed by atoms with E-state index < -0.39 is 28.6 Å². The zero-order valence-corrected chi connectivity index (χ0v) is 15.4. The number of halogens is 1. The van der Waals surface area contributed by atoms with Crippen molar-refractivity contribution in [2.45, 2.75) is 32.2 Å². The Bertz CT molecular complexity index is 833. The molecule has 3 rings (SSSR count). The van der Waals surface area contributed by atoms with E-state index in [1.807, 2.05) is 24.4 Å². The van der Waals surface area contributed by atoms with Crippen LogP contribution >= 0.6 is 27.3 Å². The molecule has 0 amide bonds. The average molecular weight is 405 g/mol. The van der Waals surface area contributed by atoms with E-state index in [0.29, 0.717) is 11.3 Å². The van der Waals surface area contributed by atoms with Crippen LogP contribution in [0.1, 0.15) is 31.2 Å². The molecule has 1 aromatic rings. The van der Waals surface area contributed by atoms with Gasteiger partial charge in [0.05, 0.1) is 24.1 Å². The lowest BCUT2D eigenvalue weighted by atomic mass is 9.54. The predicted octanol–water partition coefficient (Wildman–Crippen LogP) is 3.88. The molecule has 8 heteroatoms. The Hall–Kier alpha value is -1.92. The summed E-state index contributed by atoms with van der Waals surface area (Å²) in [6.45, 7) is 3.54. The number of nitriles is 3. The van der Waals surface area contributed by atoms with Gasteiger partial charge >= 0.3 is 0 Å². The number of rotatable bonds is 2. The molecule has 24 heavy (non-hydrogen) atoms. The Balaban J connectivity index is 2.34. The molecule has 0 saturated carbocycles. The number of hydrogen-bond acceptors (Lipinski definition) is 7. The maximum atomic E-state index is 9.95. The first-order valence-corrected chi connectivity index (χ1v) is 8.98. The Morgan fingerprint density at radius 2 is 2.00 bits per heavy atom. The van der Waals surface area contributed by atoms with Gasteiger partial charge in [0.15, 0.2) is 5.41 Å². The largest absolute Gasteiger partial charge is 0.447 e. The highest BCUT2D eigenvalue weighted by Gasteiger charge is 2.79. The summed E-state index contributed by atoms with van der Waals surface area (Å²) in [4.78, 5) is 0.646. The average Bonchev–Trinajstić information content (AvgIpc) is 3.07. The fourth-order valence-corrected chi connectivity index (χ4v) is 5.30. The van der Waals surface area contributed by atoms with Crippen LogP contribution in [-0.2, 0) is 9.47 Å². The smallest absolute Gasteiger partial charge is 0.217 e. The lowest BCUT2D eigenvalue weighted by Gasteiger charge is -2.48. The first-order chi connectivity index (χ1) is 11.4. The number of thiophene rings is 1. The van der Waals surface area contributed by atoms with Gasteiger partial charge in [-0.15, -0.1) is 11.3 Å². The Kier molecular flexibility index (Phi) is 3.73. The molecule has 4 unspecified atom stereocenters. The second kappa shape index (κ2) is 5.29. The van der Waals surface area contributed by atoms with Gasteiger partial charge < -0.3 is 9.47 Å². The summed E-state index contributed by atoms with van der Waals surface area (Å²) in [5, 5.41) is 39.9. The molecule has 0 spiro atoms. The first kappa shape index (κ1) is 16.9. The molecule has 0 aliphatic carbocycles. The minimum Gasteiger partial charge on any atom is -0.447 e. The van der Waals surface area contributed by atoms with Gasteiger partial charge in [-0.05, 0) is 22.0 Å². The van der Waals surface area contributed by atoms with Crippen molar-refractivity contribution >= 4 is 33.2 Å². The molecule has 0 aromatic carbocycles. The van der Waals surface area contributed by atoms with E-state index in [9.17, 15) is 15.8 Å². The van der Waals surface area contributed by atoms with Crippen molar-refractivity contribution < 1.29 is 9.47 Å². The molecule has 2 bridgehead atoms. The van der Waals surface area contributed by atoms with Crippen LogP contribution < -0.4 is 0 Å². The number of ether oxygens (including phenoxy) is 2. The molecule has 3 heterocycles. The highest BCUT2D eigenvalue weighted by Crippen LogP contribution is 2.67. The normalized spacial score (nSPS) is 36.2. The van der Waals surface area contributed by atoms with Crippen LogP contribution in [0.4, 0.5) is 0 Å². The van der Waals surface area contributed by atoms with Gasteiger partial charge in [-0.1, -0.05) is 13.8 Å². The summed E-state index contributed by atoms with van der Waals surface area (Å²) in [6.07, 6.45) is -0.571. The van der Waals surface area contributed by atoms with Crippen molar-refractivity contribution in [3.63, 3.8) is 0 Å². The summed E-state index contributed by atoms with van der Waals surface area (Å²) in [5.41, 5.74) is -3.54. The highest BCUT2D eigenvalue weighted by atomic mass is 79.9. The molecule has 1 N–H and O–H groups in total. The Morgan fingerprint density at radius 1 is 1.33 bits per heavy atom. The number of nitrogens with zero attached hydrogens (tertiary/aromatic N) is 3. The maximum Gasteiger partial charge on any atom is 0.217 e. The number of hydrogen-bond donors (Lipinski definition) is 1. The molecule has 0 radical (unpaired) electrons. The molecule has 122 valence electrons. The zero-order chi connectivity index (χ0) is 17.8. The summed E-state index contributed by atoms with van der Waals surface area (Å²) >= 11 is 4.69. The molecular formula is C16H13BrN4O2S. The monoisotopic (exact) mass is 404 g/mol. The minimum absolute atomic E-state index is 0.361. The SMILES string of the molecule is CCC12OC(=N)C(C#N)(C1C)C(C#N)(C#N)C(c1cc(Br)cs1)O2. The van der Waals surface area contributed by atoms with Crippen molar-refractivity contribution in [2.75, 3.05) is 0 Å². The van der Waals surface area contributed by atoms with E-state index >= 15 is 0 Å². The molecule has 4 atom stereocenters. The molecule has 6 nitrogen and oxygen atoms in total. The van der Waals surface area contributed by atoms with E-state index in [0.717, 1.165) is 4.47 Å². The van der Waals surface area contributed by atoms with Crippen molar-refractivity contribution in [2.24, 2.45) is 16.7 Å². The van der Waals surface area contributed by atoms with Gasteiger partial charge in [0.2, 0.25) is 17.1 Å². The summed E-state index contributed by atoms with van der Waals surface area (Å²) < 4.78 is 12.6. The lowest BCUT2D eigenvalue weighted by Crippen LogP contribution is -2.58. The Labute approximate surface area is 151 Å². The van der Waals surface area contributed by atoms with Crippen molar-refractivity contribution in [1.82, 2.24) is 0 Å². The van der Waals surface area contributed by atoms with Crippen LogP contribution in [-0.4, -0.2) is 11.7 Å². The van der Waals surface area contributed by atoms with Gasteiger partial charge in [-0.3, -0.25) is 5.41 Å². The minimum atomic E-state index is -1.86. The van der Waals surface area contributed by atoms with E-state index in [-0.39, 0.29) is 5.90 Å². The summed E-state index contributed by atoms with van der Waals surface area (Å²) in [6, 6.07) is 7.87. The van der Waals surface area contributed by atoms with Crippen LogP contribution in [0.5, 0.6) is 0 Å². The van der Waals surface area contributed by atoms with Crippen molar-refractivity contribution in [1.29, 1.82) is 21.2 Å². The van der Waals surface area contributed by atoms with Crippen LogP contribution in [0.3, 0.4) is 0 Å². The number of fused-ring (bicyclic) bond motifs is 2. The van der Waals surface area contributed by atoms with Crippen LogP contribution in [0.15, 0.2) is 15.9 Å². The maximum absolute atomic E-state index is 9.95. The van der Waals surface area contributed by atoms with Gasteiger partial charge in [0.25, 0.3) is 0 Å². The fraction of sp³-hybridized carbons (Fsp3) is 0.500. The second-order valence-corrected chi connectivity index (χ2v) is 7.79. The summed E-state index contributed by atoms with van der Waals surface area (Å²) in [5.74, 6) is -2.17. The van der Waals surface area contributed by atoms with Crippen LogP contribution in [0.25, 0.3) is 0 Å². The second-order valence-electron chi connectivity index (χ2n) is 5.93. The molecule has 2 aliphatic heterocycles. The standard InChI is InChI=1S/C16H13BrN4O2S/c1-3-16-9(2)15(8-20,13(21)23-16)14(6-18,7-19)12(22-16)11-4-10(17)5-24-11/h4-5,9,12,21H,3H2,1-2H3. The Morgan fingerprint density at radius 3 is 2.46 bits per heavy atom. The van der Waals surface area contributed by atoms with Gasteiger partial charge in [-0.2, -0.15) is 15.8 Å². The topological polar surface area (TPSA) is 114 Å². The van der Waals surface area contributed by atoms with Crippen molar-refractivity contribution in [3.05, 3.63) is 20.8 Å². The molecule has 2 fully saturated rings. The van der Waals surface area contributed by atoms with E-state index in [4.69, 9.17) is 14.9 Å². The molecule has 2 saturated heterocycles. The van der Waals surface area contributed by atoms with Crippen molar-refractivity contribution in [3.8, 4) is 18.2 Å². The first-order valence-electron chi connectivity index (χ1n) is 7.31. The van der Waals surface area contributed by atoms with Gasteiger partial charge in [0, 0.05) is 21.2 Å². The van der Waals surface area contributed by atoms with Gasteiger partial charge in [-0.25, -0.2) is 0 Å². The molecule has 2 aliphatic rings. The molecule has 1 aromatic heterocycles. The predicted molar refractivity (Wildman–Crippen MR) is 88.5 cm³/mol. The van der Waals surface area contributed by atoms with E-state index in [1.165, 1.54) is 11.3 Å². The van der Waals surface area contributed by atoms with E-state index in [2.05, 4.69) is 22.0 Å². The lowest BCUT2D eigenvalue weighted by molar-refractivity contribution is -0.279. The van der Waals surface area contributed by atoms with E-state index in [1.54, 1.807) is 13.0 Å². The highest BCUT2D eigenvalue weighted by molar-refractivity contribution is 9.10. The quantitative estimate of drug-likeness (QED) is 0.802. The van der Waals surface area contributed by atoms with Crippen LogP contribution in [0.2, 0.25) is 0 Å². The third-order valence-corrected chi connectivity index (χ3v) is 6.88. The summed E-state index contributed by atoms with van der Waals surface area (Å²) in [7, 11) is 0. The fourth-order valence-electron chi connectivity index (χ4n) is 3.76. The molecular weight excluding hydrogens is 392 g/mol. The zero-order valence-electron chi connectivity index (χ0n) is 13.0. The van der Waals surface area contributed by atoms with Gasteiger partial charge in [0.1, 0.15) is 6.10 Å². The van der Waals surface area contributed by atoms with Crippen LogP contribution in [0, 0.1) is 56.2 Å². The third-order valence-electron chi connectivity index (χ3n) is 5.14. The number of nitrogens with one attached hydrogen (secondary N) is 1.